The Morgan fingerprint density at radius 2 is 0.500 bits per heavy atom. The fourth-order valence-corrected chi connectivity index (χ4v) is 7.76. The van der Waals surface area contributed by atoms with E-state index in [-0.39, 0.29) is 31.1 Å². The van der Waals surface area contributed by atoms with E-state index in [4.69, 9.17) is 14.2 Å². The number of rotatable bonds is 45. The van der Waals surface area contributed by atoms with Gasteiger partial charge in [0, 0.05) is 19.3 Å². The fourth-order valence-electron chi connectivity index (χ4n) is 7.76. The summed E-state index contributed by atoms with van der Waals surface area (Å²) in [6, 6.07) is 0. The number of unbranched alkanes of at least 4 members (excludes halogenated alkanes) is 28. The molecule has 0 aromatic heterocycles. The summed E-state index contributed by atoms with van der Waals surface area (Å²) in [6.07, 6.45) is 42.4. The quantitative estimate of drug-likeness (QED) is 0.0346. The summed E-state index contributed by atoms with van der Waals surface area (Å²) < 4.78 is 16.8. The molecule has 0 radical (unpaired) electrons. The van der Waals surface area contributed by atoms with Gasteiger partial charge in [0.2, 0.25) is 0 Å². The second kappa shape index (κ2) is 43.5. The van der Waals surface area contributed by atoms with Crippen LogP contribution in [0.5, 0.6) is 0 Å². The van der Waals surface area contributed by atoms with Gasteiger partial charge in [-0.05, 0) is 37.0 Å². The van der Waals surface area contributed by atoms with Crippen molar-refractivity contribution in [2.45, 2.75) is 285 Å². The number of esters is 3. The Hall–Kier alpha value is -1.59. The van der Waals surface area contributed by atoms with Crippen LogP contribution in [-0.2, 0) is 28.6 Å². The largest absolute Gasteiger partial charge is 0.462 e. The molecule has 1 atom stereocenters. The zero-order chi connectivity index (χ0) is 42.7. The van der Waals surface area contributed by atoms with Crippen LogP contribution in [0.3, 0.4) is 0 Å². The number of hydrogen-bond acceptors (Lipinski definition) is 6. The van der Waals surface area contributed by atoms with E-state index in [1.807, 2.05) is 0 Å². The summed E-state index contributed by atoms with van der Waals surface area (Å²) in [5, 5.41) is 0. The lowest BCUT2D eigenvalue weighted by molar-refractivity contribution is -0.167. The molecule has 0 aliphatic rings. The number of ether oxygens (including phenoxy) is 3. The zero-order valence-corrected chi connectivity index (χ0v) is 39.8. The van der Waals surface area contributed by atoms with Crippen LogP contribution in [-0.4, -0.2) is 37.2 Å². The molecular weight excluding hydrogens is 721 g/mol. The number of carbonyl (C=O) groups excluding carboxylic acids is 3. The topological polar surface area (TPSA) is 78.9 Å². The SMILES string of the molecule is CC(C)CCCCCCCCCCCCCCCC(=O)OC[C@H](COC(=O)CCCCCCCCCCCCC(C)C)OC(=O)CCCCCCCCCCC(C)C. The van der Waals surface area contributed by atoms with Crippen LogP contribution in [0.4, 0.5) is 0 Å². The molecule has 344 valence electrons. The summed E-state index contributed by atoms with van der Waals surface area (Å²) in [5.41, 5.74) is 0. The first-order valence-corrected chi connectivity index (χ1v) is 25.6. The van der Waals surface area contributed by atoms with Crippen molar-refractivity contribution in [2.24, 2.45) is 17.8 Å². The Labute approximate surface area is 361 Å². The lowest BCUT2D eigenvalue weighted by atomic mass is 10.0. The Morgan fingerprint density at radius 1 is 0.293 bits per heavy atom. The van der Waals surface area contributed by atoms with Crippen molar-refractivity contribution < 1.29 is 28.6 Å². The molecule has 0 aliphatic carbocycles. The molecule has 0 heterocycles. The van der Waals surface area contributed by atoms with Gasteiger partial charge in [0.1, 0.15) is 13.2 Å². The fraction of sp³-hybridized carbons (Fsp3) is 0.942. The molecule has 6 nitrogen and oxygen atoms in total. The highest BCUT2D eigenvalue weighted by molar-refractivity contribution is 5.71. The minimum atomic E-state index is -0.763. The van der Waals surface area contributed by atoms with Gasteiger partial charge in [0.15, 0.2) is 6.10 Å². The van der Waals surface area contributed by atoms with E-state index in [1.165, 1.54) is 161 Å². The van der Waals surface area contributed by atoms with E-state index >= 15 is 0 Å². The van der Waals surface area contributed by atoms with Gasteiger partial charge in [-0.15, -0.1) is 0 Å². The van der Waals surface area contributed by atoms with E-state index < -0.39 is 6.10 Å². The molecule has 0 saturated heterocycles. The molecule has 0 aromatic rings. The Kier molecular flexibility index (Phi) is 42.3. The normalized spacial score (nSPS) is 12.2. The third-order valence-corrected chi connectivity index (χ3v) is 11.6. The third-order valence-electron chi connectivity index (χ3n) is 11.6. The maximum atomic E-state index is 12.7. The molecule has 0 spiro atoms. The number of hydrogen-bond donors (Lipinski definition) is 0. The summed E-state index contributed by atoms with van der Waals surface area (Å²) in [6.45, 7) is 13.7. The standard InChI is InChI=1S/C52H100O6/c1-46(2)38-32-26-20-14-10-8-7-9-11-16-23-29-35-41-50(53)56-44-49(58-52(55)43-37-31-25-19-18-22-28-34-40-48(5)6)45-57-51(54)42-36-30-24-17-13-12-15-21-27-33-39-47(3)4/h46-49H,7-45H2,1-6H3/t49-/m1/s1. The first-order chi connectivity index (χ1) is 28.1. The average Bonchev–Trinajstić information content (AvgIpc) is 3.18. The van der Waals surface area contributed by atoms with Crippen LogP contribution in [0.1, 0.15) is 279 Å². The molecule has 0 amide bonds. The van der Waals surface area contributed by atoms with Gasteiger partial charge in [0.25, 0.3) is 0 Å². The minimum absolute atomic E-state index is 0.0651. The summed E-state index contributed by atoms with van der Waals surface area (Å²) in [5.74, 6) is 1.60. The highest BCUT2D eigenvalue weighted by Crippen LogP contribution is 2.17. The number of carbonyl (C=O) groups is 3. The van der Waals surface area contributed by atoms with Crippen molar-refractivity contribution in [1.29, 1.82) is 0 Å². The highest BCUT2D eigenvalue weighted by atomic mass is 16.6. The summed E-state index contributed by atoms with van der Waals surface area (Å²) in [7, 11) is 0. The van der Waals surface area contributed by atoms with Gasteiger partial charge in [-0.2, -0.15) is 0 Å². The summed E-state index contributed by atoms with van der Waals surface area (Å²) in [4.78, 5) is 37.9. The van der Waals surface area contributed by atoms with Crippen LogP contribution in [0.25, 0.3) is 0 Å². The Balaban J connectivity index is 4.30. The molecule has 0 bridgehead atoms. The van der Waals surface area contributed by atoms with Crippen molar-refractivity contribution in [3.05, 3.63) is 0 Å². The first-order valence-electron chi connectivity index (χ1n) is 25.6. The van der Waals surface area contributed by atoms with Crippen molar-refractivity contribution in [1.82, 2.24) is 0 Å². The van der Waals surface area contributed by atoms with E-state index in [2.05, 4.69) is 41.5 Å². The van der Waals surface area contributed by atoms with Crippen molar-refractivity contribution in [3.8, 4) is 0 Å². The van der Waals surface area contributed by atoms with Crippen molar-refractivity contribution in [2.75, 3.05) is 13.2 Å². The molecule has 0 aromatic carbocycles. The molecule has 6 heteroatoms. The highest BCUT2D eigenvalue weighted by Gasteiger charge is 2.19. The van der Waals surface area contributed by atoms with Crippen LogP contribution in [0, 0.1) is 17.8 Å². The molecule has 0 fully saturated rings. The first kappa shape index (κ1) is 56.4. The Bertz CT molecular complexity index is 898. The van der Waals surface area contributed by atoms with Gasteiger partial charge >= 0.3 is 17.9 Å². The van der Waals surface area contributed by atoms with Gasteiger partial charge in [0.05, 0.1) is 0 Å². The van der Waals surface area contributed by atoms with E-state index in [1.54, 1.807) is 0 Å². The van der Waals surface area contributed by atoms with Gasteiger partial charge < -0.3 is 14.2 Å². The molecule has 0 aliphatic heterocycles. The third kappa shape index (κ3) is 45.5. The van der Waals surface area contributed by atoms with E-state index in [9.17, 15) is 14.4 Å². The molecule has 0 unspecified atom stereocenters. The smallest absolute Gasteiger partial charge is 0.306 e. The second-order valence-electron chi connectivity index (χ2n) is 19.2. The van der Waals surface area contributed by atoms with E-state index in [0.717, 1.165) is 75.5 Å². The summed E-state index contributed by atoms with van der Waals surface area (Å²) >= 11 is 0. The predicted octanol–water partition coefficient (Wildman–Crippen LogP) is 16.4. The van der Waals surface area contributed by atoms with Gasteiger partial charge in [-0.25, -0.2) is 0 Å². The second-order valence-corrected chi connectivity index (χ2v) is 19.2. The van der Waals surface area contributed by atoms with Crippen LogP contribution in [0.2, 0.25) is 0 Å². The molecular formula is C52H100O6. The zero-order valence-electron chi connectivity index (χ0n) is 39.8. The molecule has 0 rings (SSSR count). The maximum absolute atomic E-state index is 12.7. The van der Waals surface area contributed by atoms with E-state index in [0.29, 0.717) is 19.3 Å². The van der Waals surface area contributed by atoms with Crippen LogP contribution >= 0.6 is 0 Å². The maximum Gasteiger partial charge on any atom is 0.306 e. The van der Waals surface area contributed by atoms with Gasteiger partial charge in [-0.1, -0.05) is 241 Å². The molecule has 0 N–H and O–H groups in total. The van der Waals surface area contributed by atoms with Gasteiger partial charge in [-0.3, -0.25) is 14.4 Å². The Morgan fingerprint density at radius 3 is 0.741 bits per heavy atom. The van der Waals surface area contributed by atoms with Crippen molar-refractivity contribution in [3.63, 3.8) is 0 Å². The lowest BCUT2D eigenvalue weighted by Crippen LogP contribution is -2.30. The monoisotopic (exact) mass is 821 g/mol. The van der Waals surface area contributed by atoms with Crippen molar-refractivity contribution >= 4 is 17.9 Å². The van der Waals surface area contributed by atoms with Crippen LogP contribution < -0.4 is 0 Å². The lowest BCUT2D eigenvalue weighted by Gasteiger charge is -2.18. The molecule has 0 saturated carbocycles. The molecule has 58 heavy (non-hydrogen) atoms. The minimum Gasteiger partial charge on any atom is -0.462 e. The van der Waals surface area contributed by atoms with Crippen LogP contribution in [0.15, 0.2) is 0 Å². The average molecular weight is 821 g/mol. The predicted molar refractivity (Wildman–Crippen MR) is 247 cm³/mol.